The highest BCUT2D eigenvalue weighted by atomic mass is 32.1. The molecule has 1 N–H and O–H groups in total. The number of hydrogen-bond donors (Lipinski definition) is 1. The van der Waals surface area contributed by atoms with Gasteiger partial charge in [-0.3, -0.25) is 4.79 Å². The first kappa shape index (κ1) is 16.3. The predicted molar refractivity (Wildman–Crippen MR) is 87.6 cm³/mol. The van der Waals surface area contributed by atoms with Crippen molar-refractivity contribution in [3.63, 3.8) is 0 Å². The van der Waals surface area contributed by atoms with E-state index >= 15 is 0 Å². The molecule has 8 heteroatoms. The number of aryl methyl sites for hydroxylation is 1. The minimum Gasteiger partial charge on any atom is -0.477 e. The Bertz CT molecular complexity index is 927. The zero-order chi connectivity index (χ0) is 17.3. The Morgan fingerprint density at radius 2 is 2.12 bits per heavy atom. The van der Waals surface area contributed by atoms with E-state index in [0.717, 1.165) is 29.5 Å². The van der Waals surface area contributed by atoms with Crippen LogP contribution in [0.1, 0.15) is 22.2 Å². The van der Waals surface area contributed by atoms with E-state index in [4.69, 9.17) is 4.74 Å². The fraction of sp³-hybridized carbons (Fsp3) is 0.188. The van der Waals surface area contributed by atoms with E-state index in [1.54, 1.807) is 6.92 Å². The van der Waals surface area contributed by atoms with Crippen molar-refractivity contribution >= 4 is 33.1 Å². The highest BCUT2D eigenvalue weighted by Gasteiger charge is 2.21. The third-order valence-corrected chi connectivity index (χ3v) is 4.55. The van der Waals surface area contributed by atoms with Gasteiger partial charge in [0.1, 0.15) is 22.8 Å². The molecular formula is C16H13F2N3O2S. The number of hydrogen-bond acceptors (Lipinski definition) is 5. The molecule has 3 rings (SSSR count). The lowest BCUT2D eigenvalue weighted by atomic mass is 10.2. The van der Waals surface area contributed by atoms with E-state index in [1.165, 1.54) is 6.33 Å². The molecule has 0 saturated heterocycles. The van der Waals surface area contributed by atoms with Crippen LogP contribution in [0.3, 0.4) is 0 Å². The molecule has 1 aromatic carbocycles. The zero-order valence-corrected chi connectivity index (χ0v) is 13.7. The second-order valence-corrected chi connectivity index (χ2v) is 5.93. The Hall–Kier alpha value is -2.61. The Morgan fingerprint density at radius 3 is 2.88 bits per heavy atom. The second kappa shape index (κ2) is 6.48. The van der Waals surface area contributed by atoms with Crippen LogP contribution in [0.2, 0.25) is 0 Å². The molecule has 24 heavy (non-hydrogen) atoms. The lowest BCUT2D eigenvalue weighted by molar-refractivity contribution is 0.102. The number of amides is 1. The van der Waals surface area contributed by atoms with Crippen LogP contribution in [-0.4, -0.2) is 22.5 Å². The third-order valence-electron chi connectivity index (χ3n) is 3.36. The van der Waals surface area contributed by atoms with Gasteiger partial charge in [-0.2, -0.15) is 0 Å². The first-order chi connectivity index (χ1) is 11.5. The van der Waals surface area contributed by atoms with Crippen LogP contribution < -0.4 is 10.1 Å². The molecular weight excluding hydrogens is 336 g/mol. The average Bonchev–Trinajstić information content (AvgIpc) is 2.89. The van der Waals surface area contributed by atoms with Gasteiger partial charge < -0.3 is 10.1 Å². The summed E-state index contributed by atoms with van der Waals surface area (Å²) in [7, 11) is 0. The summed E-state index contributed by atoms with van der Waals surface area (Å²) in [5.41, 5.74) is 0.418. The van der Waals surface area contributed by atoms with Crippen LogP contribution in [0.25, 0.3) is 10.2 Å². The molecule has 0 aliphatic heterocycles. The fourth-order valence-corrected chi connectivity index (χ4v) is 3.31. The summed E-state index contributed by atoms with van der Waals surface area (Å²) >= 11 is 1.14. The van der Waals surface area contributed by atoms with Crippen molar-refractivity contribution in [1.82, 2.24) is 9.97 Å². The van der Waals surface area contributed by atoms with Gasteiger partial charge in [0.15, 0.2) is 0 Å². The van der Waals surface area contributed by atoms with Gasteiger partial charge in [0.2, 0.25) is 5.88 Å². The zero-order valence-electron chi connectivity index (χ0n) is 12.9. The van der Waals surface area contributed by atoms with Crippen molar-refractivity contribution in [2.45, 2.75) is 13.8 Å². The number of thiophene rings is 1. The van der Waals surface area contributed by atoms with Crippen molar-refractivity contribution in [1.29, 1.82) is 0 Å². The Kier molecular flexibility index (Phi) is 4.39. The van der Waals surface area contributed by atoms with Gasteiger partial charge in [0, 0.05) is 6.07 Å². The van der Waals surface area contributed by atoms with E-state index < -0.39 is 17.5 Å². The number of aromatic nitrogens is 2. The lowest BCUT2D eigenvalue weighted by Crippen LogP contribution is -2.12. The summed E-state index contributed by atoms with van der Waals surface area (Å²) in [6, 6.07) is 2.88. The largest absolute Gasteiger partial charge is 0.477 e. The molecule has 1 amide bonds. The van der Waals surface area contributed by atoms with Crippen LogP contribution in [0.15, 0.2) is 24.5 Å². The van der Waals surface area contributed by atoms with Gasteiger partial charge in [-0.05, 0) is 31.5 Å². The molecule has 0 bridgehead atoms. The number of rotatable bonds is 4. The van der Waals surface area contributed by atoms with Crippen LogP contribution >= 0.6 is 11.3 Å². The maximum Gasteiger partial charge on any atom is 0.266 e. The van der Waals surface area contributed by atoms with Gasteiger partial charge in [-0.25, -0.2) is 18.7 Å². The van der Waals surface area contributed by atoms with Crippen molar-refractivity contribution in [3.8, 4) is 5.88 Å². The lowest BCUT2D eigenvalue weighted by Gasteiger charge is -2.06. The van der Waals surface area contributed by atoms with E-state index in [-0.39, 0.29) is 5.69 Å². The highest BCUT2D eigenvalue weighted by molar-refractivity contribution is 7.20. The fourth-order valence-electron chi connectivity index (χ4n) is 2.27. The van der Waals surface area contributed by atoms with Crippen molar-refractivity contribution in [2.24, 2.45) is 0 Å². The SMILES string of the molecule is CCOc1ncnc2sc(C(=O)Nc3cc(F)ccc3F)c(C)c12. The number of ether oxygens (including phenoxy) is 1. The molecule has 3 aromatic rings. The molecule has 0 aliphatic rings. The summed E-state index contributed by atoms with van der Waals surface area (Å²) in [6.45, 7) is 4.00. The van der Waals surface area contributed by atoms with Crippen LogP contribution in [0.5, 0.6) is 5.88 Å². The number of anilines is 1. The van der Waals surface area contributed by atoms with E-state index in [1.807, 2.05) is 6.92 Å². The van der Waals surface area contributed by atoms with E-state index in [2.05, 4.69) is 15.3 Å². The Morgan fingerprint density at radius 1 is 1.33 bits per heavy atom. The smallest absolute Gasteiger partial charge is 0.266 e. The summed E-state index contributed by atoms with van der Waals surface area (Å²) in [5, 5.41) is 3.04. The summed E-state index contributed by atoms with van der Waals surface area (Å²) in [4.78, 5) is 21.6. The average molecular weight is 349 g/mol. The van der Waals surface area contributed by atoms with Crippen molar-refractivity contribution in [2.75, 3.05) is 11.9 Å². The Balaban J connectivity index is 2.00. The van der Waals surface area contributed by atoms with Crippen LogP contribution in [-0.2, 0) is 0 Å². The van der Waals surface area contributed by atoms with Gasteiger partial charge >= 0.3 is 0 Å². The molecule has 0 unspecified atom stereocenters. The Labute approximate surface area is 140 Å². The highest BCUT2D eigenvalue weighted by Crippen LogP contribution is 2.34. The van der Waals surface area contributed by atoms with Gasteiger partial charge in [0.25, 0.3) is 5.91 Å². The summed E-state index contributed by atoms with van der Waals surface area (Å²) in [5.74, 6) is -1.49. The maximum atomic E-state index is 13.7. The molecule has 0 radical (unpaired) electrons. The normalized spacial score (nSPS) is 10.8. The number of nitrogens with zero attached hydrogens (tertiary/aromatic N) is 2. The van der Waals surface area contributed by atoms with Crippen LogP contribution in [0, 0.1) is 18.6 Å². The van der Waals surface area contributed by atoms with Crippen molar-refractivity contribution in [3.05, 3.63) is 46.6 Å². The van der Waals surface area contributed by atoms with Gasteiger partial charge in [0.05, 0.1) is 22.6 Å². The number of nitrogens with one attached hydrogen (secondary N) is 1. The minimum atomic E-state index is -0.710. The number of halogens is 2. The molecule has 2 heterocycles. The first-order valence-corrected chi connectivity index (χ1v) is 7.96. The molecule has 2 aromatic heterocycles. The molecule has 5 nitrogen and oxygen atoms in total. The number of carbonyl (C=O) groups excluding carboxylic acids is 1. The van der Waals surface area contributed by atoms with Gasteiger partial charge in [-0.15, -0.1) is 11.3 Å². The van der Waals surface area contributed by atoms with Crippen molar-refractivity contribution < 1.29 is 18.3 Å². The van der Waals surface area contributed by atoms with E-state index in [9.17, 15) is 13.6 Å². The molecule has 0 fully saturated rings. The third kappa shape index (κ3) is 2.92. The maximum absolute atomic E-state index is 13.7. The number of fused-ring (bicyclic) bond motifs is 1. The molecule has 0 spiro atoms. The molecule has 0 saturated carbocycles. The first-order valence-electron chi connectivity index (χ1n) is 7.14. The second-order valence-electron chi connectivity index (χ2n) is 4.93. The van der Waals surface area contributed by atoms with E-state index in [0.29, 0.717) is 33.1 Å². The van der Waals surface area contributed by atoms with Crippen LogP contribution in [0.4, 0.5) is 14.5 Å². The standard InChI is InChI=1S/C16H13F2N3O2S/c1-3-23-15-12-8(2)13(24-16(12)20-7-19-15)14(22)21-11-6-9(17)4-5-10(11)18/h4-7H,3H2,1-2H3,(H,21,22). The molecule has 0 aliphatic carbocycles. The molecule has 124 valence electrons. The summed E-state index contributed by atoms with van der Waals surface area (Å²) < 4.78 is 32.4. The quantitative estimate of drug-likeness (QED) is 0.775. The molecule has 0 atom stereocenters. The monoisotopic (exact) mass is 349 g/mol. The minimum absolute atomic E-state index is 0.215. The number of carbonyl (C=O) groups is 1. The topological polar surface area (TPSA) is 64.1 Å². The predicted octanol–water partition coefficient (Wildman–Crippen LogP) is 3.93. The number of benzene rings is 1. The summed E-state index contributed by atoms with van der Waals surface area (Å²) in [6.07, 6.45) is 1.36. The van der Waals surface area contributed by atoms with Gasteiger partial charge in [-0.1, -0.05) is 0 Å².